The van der Waals surface area contributed by atoms with Gasteiger partial charge in [-0.1, -0.05) is 15.9 Å². The molecule has 0 radical (unpaired) electrons. The summed E-state index contributed by atoms with van der Waals surface area (Å²) in [6.07, 6.45) is 0. The number of hydrogen-bond acceptors (Lipinski definition) is 4. The lowest BCUT2D eigenvalue weighted by atomic mass is 10.1. The van der Waals surface area contributed by atoms with Gasteiger partial charge in [0.1, 0.15) is 0 Å². The first-order chi connectivity index (χ1) is 9.22. The molecule has 0 spiro atoms. The molecule has 0 saturated carbocycles. The number of anilines is 2. The molecule has 5 heteroatoms. The van der Waals surface area contributed by atoms with E-state index in [0.717, 1.165) is 43.7 Å². The largest absolute Gasteiger partial charge is 0.382 e. The molecule has 4 nitrogen and oxygen atoms in total. The highest BCUT2D eigenvalue weighted by Crippen LogP contribution is 2.31. The van der Waals surface area contributed by atoms with Gasteiger partial charge in [0.2, 0.25) is 0 Å². The van der Waals surface area contributed by atoms with Crippen molar-refractivity contribution < 1.29 is 0 Å². The second-order valence-corrected chi connectivity index (χ2v) is 6.36. The van der Waals surface area contributed by atoms with Crippen LogP contribution >= 0.6 is 15.9 Å². The number of fused-ring (bicyclic) bond motifs is 1. The molecule has 1 aromatic carbocycles. The Labute approximate surface area is 123 Å². The first-order valence-electron chi connectivity index (χ1n) is 6.93. The molecule has 104 valence electrons. The Bertz CT molecular complexity index is 451. The summed E-state index contributed by atoms with van der Waals surface area (Å²) in [7, 11) is 2.20. The summed E-state index contributed by atoms with van der Waals surface area (Å²) in [5.74, 6) is 0. The zero-order chi connectivity index (χ0) is 13.2. The maximum absolute atomic E-state index is 3.63. The Balaban J connectivity index is 1.74. The molecule has 0 bridgehead atoms. The highest BCUT2D eigenvalue weighted by Gasteiger charge is 2.23. The number of piperazine rings is 1. The molecule has 2 heterocycles. The Hall–Kier alpha value is -0.780. The van der Waals surface area contributed by atoms with Gasteiger partial charge < -0.3 is 20.4 Å². The number of nitrogens with zero attached hydrogens (tertiary/aromatic N) is 2. The molecule has 3 rings (SSSR count). The summed E-state index contributed by atoms with van der Waals surface area (Å²) in [6.45, 7) is 6.56. The highest BCUT2D eigenvalue weighted by molar-refractivity contribution is 9.10. The Morgan fingerprint density at radius 2 is 2.21 bits per heavy atom. The molecule has 1 fully saturated rings. The van der Waals surface area contributed by atoms with Crippen LogP contribution in [0.1, 0.15) is 0 Å². The third kappa shape index (κ3) is 3.04. The van der Waals surface area contributed by atoms with Crippen molar-refractivity contribution in [3.05, 3.63) is 22.7 Å². The number of nitrogens with one attached hydrogen (secondary N) is 2. The van der Waals surface area contributed by atoms with E-state index in [2.05, 4.69) is 61.6 Å². The molecule has 19 heavy (non-hydrogen) atoms. The SMILES string of the molecule is CN1CCNC(CN2CCNc3ccc(Br)cc32)C1. The fourth-order valence-electron chi connectivity index (χ4n) is 2.93. The second kappa shape index (κ2) is 5.69. The van der Waals surface area contributed by atoms with Gasteiger partial charge in [0.15, 0.2) is 0 Å². The minimum atomic E-state index is 0.559. The normalized spacial score (nSPS) is 23.9. The molecular formula is C14H21BrN4. The molecule has 0 aromatic heterocycles. The van der Waals surface area contributed by atoms with E-state index in [1.54, 1.807) is 0 Å². The van der Waals surface area contributed by atoms with Crippen LogP contribution in [0.3, 0.4) is 0 Å². The van der Waals surface area contributed by atoms with E-state index >= 15 is 0 Å². The molecule has 2 N–H and O–H groups in total. The van der Waals surface area contributed by atoms with E-state index in [4.69, 9.17) is 0 Å². The molecule has 1 saturated heterocycles. The maximum atomic E-state index is 3.63. The summed E-state index contributed by atoms with van der Waals surface area (Å²) in [5.41, 5.74) is 2.56. The van der Waals surface area contributed by atoms with Crippen molar-refractivity contribution >= 4 is 27.3 Å². The molecule has 2 aliphatic heterocycles. The maximum Gasteiger partial charge on any atom is 0.0614 e. The van der Waals surface area contributed by atoms with Crippen LogP contribution in [0.15, 0.2) is 22.7 Å². The van der Waals surface area contributed by atoms with Crippen molar-refractivity contribution in [1.82, 2.24) is 10.2 Å². The fourth-order valence-corrected chi connectivity index (χ4v) is 3.28. The average Bonchev–Trinajstić information content (AvgIpc) is 2.39. The molecule has 1 unspecified atom stereocenters. The summed E-state index contributed by atoms with van der Waals surface area (Å²) in [6, 6.07) is 7.03. The number of hydrogen-bond donors (Lipinski definition) is 2. The molecule has 1 atom stereocenters. The quantitative estimate of drug-likeness (QED) is 0.864. The fraction of sp³-hybridized carbons (Fsp3) is 0.571. The standard InChI is InChI=1S/C14H21BrN4/c1-18-6-4-16-12(9-18)10-19-7-5-17-13-3-2-11(15)8-14(13)19/h2-3,8,12,16-17H,4-7,9-10H2,1H3. The van der Waals surface area contributed by atoms with E-state index in [1.165, 1.54) is 11.4 Å². The van der Waals surface area contributed by atoms with E-state index < -0.39 is 0 Å². The third-order valence-electron chi connectivity index (χ3n) is 3.90. The van der Waals surface area contributed by atoms with Gasteiger partial charge in [-0.15, -0.1) is 0 Å². The average molecular weight is 325 g/mol. The monoisotopic (exact) mass is 324 g/mol. The molecule has 2 aliphatic rings. The van der Waals surface area contributed by atoms with Crippen molar-refractivity contribution in [2.24, 2.45) is 0 Å². The number of halogens is 1. The predicted molar refractivity (Wildman–Crippen MR) is 84.1 cm³/mol. The van der Waals surface area contributed by atoms with E-state index in [1.807, 2.05) is 0 Å². The number of benzene rings is 1. The summed E-state index contributed by atoms with van der Waals surface area (Å²) in [4.78, 5) is 4.90. The van der Waals surface area contributed by atoms with Gasteiger partial charge in [-0.05, 0) is 25.2 Å². The van der Waals surface area contributed by atoms with Crippen molar-refractivity contribution in [2.75, 3.05) is 56.5 Å². The van der Waals surface area contributed by atoms with Crippen LogP contribution in [0.2, 0.25) is 0 Å². The van der Waals surface area contributed by atoms with Gasteiger partial charge in [0.25, 0.3) is 0 Å². The molecule has 1 aromatic rings. The number of likely N-dealkylation sites (N-methyl/N-ethyl adjacent to an activating group) is 1. The second-order valence-electron chi connectivity index (χ2n) is 5.45. The lowest BCUT2D eigenvalue weighted by Gasteiger charge is -2.38. The summed E-state index contributed by atoms with van der Waals surface area (Å²) in [5, 5.41) is 7.10. The topological polar surface area (TPSA) is 30.5 Å². The van der Waals surface area contributed by atoms with Crippen LogP contribution in [0, 0.1) is 0 Å². The zero-order valence-electron chi connectivity index (χ0n) is 11.3. The van der Waals surface area contributed by atoms with Crippen molar-refractivity contribution in [3.63, 3.8) is 0 Å². The van der Waals surface area contributed by atoms with Gasteiger partial charge in [-0.25, -0.2) is 0 Å². The Morgan fingerprint density at radius 3 is 3.05 bits per heavy atom. The summed E-state index contributed by atoms with van der Waals surface area (Å²) >= 11 is 3.57. The minimum Gasteiger partial charge on any atom is -0.382 e. The lowest BCUT2D eigenvalue weighted by Crippen LogP contribution is -2.54. The third-order valence-corrected chi connectivity index (χ3v) is 4.39. The predicted octanol–water partition coefficient (Wildman–Crippen LogP) is 1.58. The summed E-state index contributed by atoms with van der Waals surface area (Å²) < 4.78 is 1.15. The first-order valence-corrected chi connectivity index (χ1v) is 7.72. The van der Waals surface area contributed by atoms with Crippen LogP contribution in [-0.2, 0) is 0 Å². The van der Waals surface area contributed by atoms with Gasteiger partial charge in [-0.3, -0.25) is 0 Å². The Morgan fingerprint density at radius 1 is 1.32 bits per heavy atom. The van der Waals surface area contributed by atoms with Crippen molar-refractivity contribution in [2.45, 2.75) is 6.04 Å². The zero-order valence-corrected chi connectivity index (χ0v) is 12.9. The van der Waals surface area contributed by atoms with Gasteiger partial charge in [-0.2, -0.15) is 0 Å². The van der Waals surface area contributed by atoms with Crippen LogP contribution in [-0.4, -0.2) is 57.3 Å². The highest BCUT2D eigenvalue weighted by atomic mass is 79.9. The smallest absolute Gasteiger partial charge is 0.0614 e. The first kappa shape index (κ1) is 13.2. The van der Waals surface area contributed by atoms with Gasteiger partial charge >= 0.3 is 0 Å². The van der Waals surface area contributed by atoms with E-state index in [0.29, 0.717) is 6.04 Å². The van der Waals surface area contributed by atoms with Crippen molar-refractivity contribution in [3.8, 4) is 0 Å². The minimum absolute atomic E-state index is 0.559. The molecule has 0 aliphatic carbocycles. The van der Waals surface area contributed by atoms with Crippen LogP contribution < -0.4 is 15.5 Å². The van der Waals surface area contributed by atoms with Crippen molar-refractivity contribution in [1.29, 1.82) is 0 Å². The Kier molecular flexibility index (Phi) is 3.96. The van der Waals surface area contributed by atoms with Crippen LogP contribution in [0.4, 0.5) is 11.4 Å². The van der Waals surface area contributed by atoms with E-state index in [9.17, 15) is 0 Å². The van der Waals surface area contributed by atoms with E-state index in [-0.39, 0.29) is 0 Å². The van der Waals surface area contributed by atoms with Gasteiger partial charge in [0.05, 0.1) is 11.4 Å². The van der Waals surface area contributed by atoms with Crippen LogP contribution in [0.5, 0.6) is 0 Å². The molecule has 0 amide bonds. The van der Waals surface area contributed by atoms with Gasteiger partial charge in [0, 0.05) is 49.8 Å². The number of rotatable bonds is 2. The molecular weight excluding hydrogens is 304 g/mol. The lowest BCUT2D eigenvalue weighted by molar-refractivity contribution is 0.240. The van der Waals surface area contributed by atoms with Crippen LogP contribution in [0.25, 0.3) is 0 Å².